The number of nitro benzene ring substituents is 1. The number of nitro groups is 1. The van der Waals surface area contributed by atoms with Crippen molar-refractivity contribution in [1.82, 2.24) is 4.98 Å². The summed E-state index contributed by atoms with van der Waals surface area (Å²) in [5.74, 6) is 1.15. The third kappa shape index (κ3) is 4.44. The quantitative estimate of drug-likeness (QED) is 0.261. The molecule has 0 amide bonds. The number of benzene rings is 2. The molecule has 0 saturated heterocycles. The number of hydrogen-bond donors (Lipinski definition) is 1. The minimum absolute atomic E-state index is 0.0190. The van der Waals surface area contributed by atoms with Crippen LogP contribution in [-0.4, -0.2) is 24.1 Å². The highest BCUT2D eigenvalue weighted by atomic mass is 32.1. The van der Waals surface area contributed by atoms with Crippen LogP contribution in [0.5, 0.6) is 11.5 Å². The summed E-state index contributed by atoms with van der Waals surface area (Å²) in [6, 6.07) is 16.4. The van der Waals surface area contributed by atoms with Gasteiger partial charge >= 0.3 is 0 Å². The minimum Gasteiger partial charge on any atom is -0.497 e. The lowest BCUT2D eigenvalue weighted by molar-refractivity contribution is -0.384. The van der Waals surface area contributed by atoms with E-state index in [4.69, 9.17) is 20.2 Å². The van der Waals surface area contributed by atoms with Crippen LogP contribution in [0.4, 0.5) is 10.8 Å². The maximum absolute atomic E-state index is 11.4. The summed E-state index contributed by atoms with van der Waals surface area (Å²) in [5, 5.41) is 13.9. The van der Waals surface area contributed by atoms with Crippen LogP contribution in [0, 0.1) is 10.1 Å². The maximum Gasteiger partial charge on any atom is 0.269 e. The largest absolute Gasteiger partial charge is 0.497 e. The SMILES string of the molecule is COc1ccc(C(Cc2cc([N+](=O)[O-])ccc2OC)c2nc(N)sc2-c2cccs2)cc1. The van der Waals surface area contributed by atoms with Crippen molar-refractivity contribution in [2.75, 3.05) is 20.0 Å². The van der Waals surface area contributed by atoms with Crippen LogP contribution >= 0.6 is 22.7 Å². The highest BCUT2D eigenvalue weighted by Crippen LogP contribution is 2.42. The summed E-state index contributed by atoms with van der Waals surface area (Å²) >= 11 is 3.07. The number of ether oxygens (including phenoxy) is 2. The number of methoxy groups -OCH3 is 2. The molecule has 1 unspecified atom stereocenters. The van der Waals surface area contributed by atoms with Gasteiger partial charge in [0, 0.05) is 28.5 Å². The highest BCUT2D eigenvalue weighted by molar-refractivity contribution is 7.23. The number of nitrogen functional groups attached to an aromatic ring is 1. The van der Waals surface area contributed by atoms with Crippen LogP contribution in [0.15, 0.2) is 60.0 Å². The van der Waals surface area contributed by atoms with Crippen LogP contribution in [0.1, 0.15) is 22.7 Å². The molecule has 2 aromatic carbocycles. The second-order valence-electron chi connectivity index (χ2n) is 7.03. The summed E-state index contributed by atoms with van der Waals surface area (Å²) < 4.78 is 10.8. The van der Waals surface area contributed by atoms with Crippen molar-refractivity contribution in [2.45, 2.75) is 12.3 Å². The summed E-state index contributed by atoms with van der Waals surface area (Å²) in [6.07, 6.45) is 0.457. The summed E-state index contributed by atoms with van der Waals surface area (Å²) in [6.45, 7) is 0. The average Bonchev–Trinajstić information content (AvgIpc) is 3.47. The molecule has 1 atom stereocenters. The summed E-state index contributed by atoms with van der Waals surface area (Å²) in [4.78, 5) is 17.8. The standard InChI is InChI=1S/C23H21N3O4S2/c1-29-17-8-5-14(6-9-17)18(13-15-12-16(26(27)28)7-10-19(15)30-2)21-22(32-23(24)25-21)20-4-3-11-31-20/h3-12,18H,13H2,1-2H3,(H2,24,25). The number of nitrogens with two attached hydrogens (primary N) is 1. The van der Waals surface area contributed by atoms with E-state index in [9.17, 15) is 10.1 Å². The zero-order valence-electron chi connectivity index (χ0n) is 17.5. The van der Waals surface area contributed by atoms with E-state index in [-0.39, 0.29) is 11.6 Å². The van der Waals surface area contributed by atoms with E-state index in [0.717, 1.165) is 32.3 Å². The molecule has 9 heteroatoms. The van der Waals surface area contributed by atoms with Crippen LogP contribution in [0.3, 0.4) is 0 Å². The van der Waals surface area contributed by atoms with Crippen molar-refractivity contribution in [3.8, 4) is 21.3 Å². The third-order valence-electron chi connectivity index (χ3n) is 5.16. The second-order valence-corrected chi connectivity index (χ2v) is 9.01. The molecule has 0 aliphatic rings. The first-order valence-corrected chi connectivity index (χ1v) is 11.4. The van der Waals surface area contributed by atoms with E-state index >= 15 is 0 Å². The van der Waals surface area contributed by atoms with E-state index in [1.165, 1.54) is 17.4 Å². The number of non-ortho nitro benzene ring substituents is 1. The Balaban J connectivity index is 1.85. The van der Waals surface area contributed by atoms with Gasteiger partial charge in [0.05, 0.1) is 29.7 Å². The Morgan fingerprint density at radius 3 is 2.53 bits per heavy atom. The Morgan fingerprint density at radius 2 is 1.91 bits per heavy atom. The van der Waals surface area contributed by atoms with Crippen LogP contribution in [-0.2, 0) is 6.42 Å². The molecule has 2 N–H and O–H groups in total. The molecule has 32 heavy (non-hydrogen) atoms. The predicted octanol–water partition coefficient (Wildman–Crippen LogP) is 5.75. The molecule has 0 aliphatic heterocycles. The smallest absolute Gasteiger partial charge is 0.269 e. The third-order valence-corrected chi connectivity index (χ3v) is 7.11. The highest BCUT2D eigenvalue weighted by Gasteiger charge is 2.26. The normalized spacial score (nSPS) is 11.8. The lowest BCUT2D eigenvalue weighted by atomic mass is 9.88. The molecule has 2 aromatic heterocycles. The van der Waals surface area contributed by atoms with E-state index < -0.39 is 4.92 Å². The van der Waals surface area contributed by atoms with Crippen molar-refractivity contribution < 1.29 is 14.4 Å². The summed E-state index contributed by atoms with van der Waals surface area (Å²) in [5.41, 5.74) is 8.73. The molecule has 0 spiro atoms. The van der Waals surface area contributed by atoms with E-state index in [0.29, 0.717) is 17.3 Å². The van der Waals surface area contributed by atoms with Gasteiger partial charge in [0.25, 0.3) is 5.69 Å². The number of thiophene rings is 1. The van der Waals surface area contributed by atoms with E-state index in [1.807, 2.05) is 41.8 Å². The monoisotopic (exact) mass is 467 g/mol. The molecule has 4 rings (SSSR count). The van der Waals surface area contributed by atoms with Gasteiger partial charge in [-0.15, -0.1) is 11.3 Å². The second kappa shape index (κ2) is 9.37. The Morgan fingerprint density at radius 1 is 1.12 bits per heavy atom. The molecule has 0 radical (unpaired) electrons. The molecular weight excluding hydrogens is 446 g/mol. The molecule has 2 heterocycles. The predicted molar refractivity (Wildman–Crippen MR) is 128 cm³/mol. The van der Waals surface area contributed by atoms with Crippen molar-refractivity contribution in [3.63, 3.8) is 0 Å². The van der Waals surface area contributed by atoms with Crippen molar-refractivity contribution in [3.05, 3.63) is 86.9 Å². The molecule has 0 fully saturated rings. The van der Waals surface area contributed by atoms with E-state index in [1.54, 1.807) is 37.7 Å². The molecule has 7 nitrogen and oxygen atoms in total. The van der Waals surface area contributed by atoms with Gasteiger partial charge in [0.15, 0.2) is 5.13 Å². The van der Waals surface area contributed by atoms with Gasteiger partial charge in [-0.2, -0.15) is 0 Å². The van der Waals surface area contributed by atoms with Gasteiger partial charge in [0.1, 0.15) is 11.5 Å². The Bertz CT molecular complexity index is 1220. The first kappa shape index (κ1) is 21.8. The number of thiazole rings is 1. The molecule has 4 aromatic rings. The fourth-order valence-electron chi connectivity index (χ4n) is 3.64. The van der Waals surface area contributed by atoms with Crippen molar-refractivity contribution in [2.24, 2.45) is 0 Å². The number of rotatable bonds is 8. The minimum atomic E-state index is -0.400. The number of nitrogens with zero attached hydrogens (tertiary/aromatic N) is 2. The zero-order chi connectivity index (χ0) is 22.7. The lowest BCUT2D eigenvalue weighted by Crippen LogP contribution is -2.09. The van der Waals surface area contributed by atoms with Gasteiger partial charge in [-0.3, -0.25) is 10.1 Å². The number of hydrogen-bond acceptors (Lipinski definition) is 8. The first-order chi connectivity index (χ1) is 15.5. The number of aromatic nitrogens is 1. The van der Waals surface area contributed by atoms with Crippen LogP contribution in [0.25, 0.3) is 9.75 Å². The van der Waals surface area contributed by atoms with Gasteiger partial charge in [-0.1, -0.05) is 29.5 Å². The van der Waals surface area contributed by atoms with Crippen molar-refractivity contribution in [1.29, 1.82) is 0 Å². The van der Waals surface area contributed by atoms with Crippen LogP contribution < -0.4 is 15.2 Å². The van der Waals surface area contributed by atoms with Gasteiger partial charge in [-0.25, -0.2) is 4.98 Å². The zero-order valence-corrected chi connectivity index (χ0v) is 19.1. The molecular formula is C23H21N3O4S2. The van der Waals surface area contributed by atoms with Crippen LogP contribution in [0.2, 0.25) is 0 Å². The van der Waals surface area contributed by atoms with Crippen molar-refractivity contribution >= 4 is 33.5 Å². The summed E-state index contributed by atoms with van der Waals surface area (Å²) in [7, 11) is 3.18. The van der Waals surface area contributed by atoms with Gasteiger partial charge in [0.2, 0.25) is 0 Å². The Hall–Kier alpha value is -3.43. The molecule has 0 aliphatic carbocycles. The van der Waals surface area contributed by atoms with E-state index in [2.05, 4.69) is 0 Å². The first-order valence-electron chi connectivity index (χ1n) is 9.75. The topological polar surface area (TPSA) is 101 Å². The molecule has 164 valence electrons. The van der Waals surface area contributed by atoms with Gasteiger partial charge in [-0.05, 0) is 41.6 Å². The Labute approximate surface area is 193 Å². The Kier molecular flexibility index (Phi) is 6.38. The maximum atomic E-state index is 11.4. The fraction of sp³-hybridized carbons (Fsp3) is 0.174. The van der Waals surface area contributed by atoms with Gasteiger partial charge < -0.3 is 15.2 Å². The molecule has 0 bridgehead atoms. The fourth-order valence-corrected chi connectivity index (χ4v) is 5.39. The number of anilines is 1. The lowest BCUT2D eigenvalue weighted by Gasteiger charge is -2.19. The molecule has 0 saturated carbocycles. The average molecular weight is 468 g/mol.